The van der Waals surface area contributed by atoms with Crippen molar-refractivity contribution in [2.75, 3.05) is 26.7 Å². The van der Waals surface area contributed by atoms with Crippen LogP contribution < -0.4 is 15.4 Å². The zero-order chi connectivity index (χ0) is 15.5. The molecule has 0 aliphatic carbocycles. The minimum absolute atomic E-state index is 0.00195. The van der Waals surface area contributed by atoms with Gasteiger partial charge in [-0.1, -0.05) is 0 Å². The van der Waals surface area contributed by atoms with Gasteiger partial charge in [0.05, 0.1) is 11.0 Å². The quantitative estimate of drug-likeness (QED) is 0.552. The molecule has 0 saturated carbocycles. The van der Waals surface area contributed by atoms with Gasteiger partial charge in [-0.25, -0.2) is 13.1 Å². The summed E-state index contributed by atoms with van der Waals surface area (Å²) >= 11 is 0. The third kappa shape index (κ3) is 3.79. The summed E-state index contributed by atoms with van der Waals surface area (Å²) in [5.41, 5.74) is 0.380. The number of benzene rings is 1. The van der Waals surface area contributed by atoms with Gasteiger partial charge in [-0.2, -0.15) is 0 Å². The van der Waals surface area contributed by atoms with Crippen molar-refractivity contribution in [1.82, 2.24) is 15.4 Å². The molecule has 0 bridgehead atoms. The number of rotatable bonds is 5. The van der Waals surface area contributed by atoms with Crippen LogP contribution in [-0.2, 0) is 10.0 Å². The second kappa shape index (κ2) is 6.52. The first-order chi connectivity index (χ1) is 9.94. The maximum absolute atomic E-state index is 12.0. The van der Waals surface area contributed by atoms with Crippen molar-refractivity contribution in [1.29, 1.82) is 0 Å². The highest BCUT2D eigenvalue weighted by atomic mass is 32.2. The van der Waals surface area contributed by atoms with Crippen molar-refractivity contribution < 1.29 is 18.3 Å². The molecule has 2 unspecified atom stereocenters. The molecular weight excluding hydrogens is 294 g/mol. The molecule has 8 heteroatoms. The Labute approximate surface area is 123 Å². The molecule has 7 nitrogen and oxygen atoms in total. The van der Waals surface area contributed by atoms with Gasteiger partial charge in [0.15, 0.2) is 0 Å². The number of hydrogen-bond acceptors (Lipinski definition) is 5. The normalized spacial score (nSPS) is 22.2. The Balaban J connectivity index is 1.97. The Bertz CT molecular complexity index is 600. The zero-order valence-electron chi connectivity index (χ0n) is 11.7. The molecule has 1 aromatic rings. The minimum atomic E-state index is -3.50. The molecule has 4 N–H and O–H groups in total. The monoisotopic (exact) mass is 313 g/mol. The van der Waals surface area contributed by atoms with Gasteiger partial charge in [-0.05, 0) is 31.3 Å². The summed E-state index contributed by atoms with van der Waals surface area (Å²) in [6, 6.07) is 5.69. The summed E-state index contributed by atoms with van der Waals surface area (Å²) in [6.07, 6.45) is -0.451. The Morgan fingerprint density at radius 3 is 2.52 bits per heavy atom. The van der Waals surface area contributed by atoms with Gasteiger partial charge < -0.3 is 15.7 Å². The van der Waals surface area contributed by atoms with Crippen molar-refractivity contribution in [2.45, 2.75) is 11.0 Å². The lowest BCUT2D eigenvalue weighted by Gasteiger charge is -2.14. The van der Waals surface area contributed by atoms with Crippen LogP contribution in [-0.4, -0.2) is 52.2 Å². The molecule has 0 aromatic heterocycles. The molecular formula is C13H19N3O4S. The number of nitrogens with one attached hydrogen (secondary N) is 3. The van der Waals surface area contributed by atoms with Crippen molar-refractivity contribution in [3.05, 3.63) is 29.8 Å². The number of carbonyl (C=O) groups is 1. The number of aliphatic hydroxyl groups excluding tert-OH is 1. The summed E-state index contributed by atoms with van der Waals surface area (Å²) in [5.74, 6) is -0.291. The van der Waals surface area contributed by atoms with Crippen LogP contribution in [0.25, 0.3) is 0 Å². The lowest BCUT2D eigenvalue weighted by molar-refractivity contribution is 0.0927. The molecule has 1 aliphatic rings. The number of aliphatic hydroxyl groups is 1. The second-order valence-electron chi connectivity index (χ2n) is 4.93. The van der Waals surface area contributed by atoms with Crippen LogP contribution in [0.5, 0.6) is 0 Å². The highest BCUT2D eigenvalue weighted by Crippen LogP contribution is 2.11. The molecule has 0 radical (unpaired) electrons. The number of β-amino-alcohol motifs (C(OH)–C–C–N with tert-alkyl or cyclic N) is 1. The molecule has 2 rings (SSSR count). The van der Waals surface area contributed by atoms with Crippen molar-refractivity contribution >= 4 is 15.9 Å². The van der Waals surface area contributed by atoms with Crippen LogP contribution in [0.1, 0.15) is 10.4 Å². The average molecular weight is 313 g/mol. The topological polar surface area (TPSA) is 108 Å². The van der Waals surface area contributed by atoms with E-state index >= 15 is 0 Å². The van der Waals surface area contributed by atoms with E-state index in [4.69, 9.17) is 0 Å². The van der Waals surface area contributed by atoms with Gasteiger partial charge in [-0.15, -0.1) is 0 Å². The summed E-state index contributed by atoms with van der Waals surface area (Å²) in [7, 11) is -2.17. The van der Waals surface area contributed by atoms with Gasteiger partial charge in [0, 0.05) is 31.1 Å². The number of hydrogen-bond donors (Lipinski definition) is 4. The van der Waals surface area contributed by atoms with Crippen LogP contribution in [0.4, 0.5) is 0 Å². The van der Waals surface area contributed by atoms with Crippen LogP contribution in [0.2, 0.25) is 0 Å². The maximum atomic E-state index is 12.0. The molecule has 1 saturated heterocycles. The fourth-order valence-corrected chi connectivity index (χ4v) is 2.89. The van der Waals surface area contributed by atoms with Crippen molar-refractivity contribution in [3.8, 4) is 0 Å². The van der Waals surface area contributed by atoms with E-state index in [0.717, 1.165) is 0 Å². The van der Waals surface area contributed by atoms with Crippen molar-refractivity contribution in [3.63, 3.8) is 0 Å². The maximum Gasteiger partial charge on any atom is 0.251 e. The average Bonchev–Trinajstić information content (AvgIpc) is 2.90. The van der Waals surface area contributed by atoms with E-state index in [9.17, 15) is 18.3 Å². The Morgan fingerprint density at radius 2 is 2.00 bits per heavy atom. The number of amides is 1. The molecule has 1 amide bonds. The molecule has 0 spiro atoms. The fourth-order valence-electron chi connectivity index (χ4n) is 2.16. The molecule has 2 atom stereocenters. The van der Waals surface area contributed by atoms with Crippen molar-refractivity contribution in [2.24, 2.45) is 5.92 Å². The fraction of sp³-hybridized carbons (Fsp3) is 0.462. The summed E-state index contributed by atoms with van der Waals surface area (Å²) in [4.78, 5) is 12.1. The van der Waals surface area contributed by atoms with E-state index in [1.807, 2.05) is 0 Å². The van der Waals surface area contributed by atoms with Gasteiger partial charge >= 0.3 is 0 Å². The third-order valence-corrected chi connectivity index (χ3v) is 4.95. The third-order valence-electron chi connectivity index (χ3n) is 3.52. The largest absolute Gasteiger partial charge is 0.391 e. The van der Waals surface area contributed by atoms with E-state index in [0.29, 0.717) is 25.2 Å². The highest BCUT2D eigenvalue weighted by molar-refractivity contribution is 7.89. The number of carbonyl (C=O) groups excluding carboxylic acids is 1. The summed E-state index contributed by atoms with van der Waals surface area (Å²) in [6.45, 7) is 1.58. The first-order valence-electron chi connectivity index (χ1n) is 6.64. The first-order valence-corrected chi connectivity index (χ1v) is 8.13. The lowest BCUT2D eigenvalue weighted by atomic mass is 10.1. The van der Waals surface area contributed by atoms with Gasteiger partial charge in [0.25, 0.3) is 5.91 Å². The molecule has 116 valence electrons. The van der Waals surface area contributed by atoms with Crippen LogP contribution in [0.3, 0.4) is 0 Å². The molecule has 21 heavy (non-hydrogen) atoms. The zero-order valence-corrected chi connectivity index (χ0v) is 12.5. The Kier molecular flexibility index (Phi) is 4.94. The van der Waals surface area contributed by atoms with E-state index in [1.165, 1.54) is 31.3 Å². The molecule has 1 fully saturated rings. The van der Waals surface area contributed by atoms with Crippen LogP contribution in [0.15, 0.2) is 29.2 Å². The first kappa shape index (κ1) is 15.9. The highest BCUT2D eigenvalue weighted by Gasteiger charge is 2.25. The second-order valence-corrected chi connectivity index (χ2v) is 6.81. The van der Waals surface area contributed by atoms with Crippen LogP contribution in [0, 0.1) is 5.92 Å². The Hall–Kier alpha value is -1.48. The summed E-state index contributed by atoms with van der Waals surface area (Å²) in [5, 5.41) is 15.4. The lowest BCUT2D eigenvalue weighted by Crippen LogP contribution is -2.34. The van der Waals surface area contributed by atoms with E-state index in [2.05, 4.69) is 15.4 Å². The summed E-state index contributed by atoms with van der Waals surface area (Å²) < 4.78 is 25.4. The predicted octanol–water partition coefficient (Wildman–Crippen LogP) is -1.10. The number of sulfonamides is 1. The Morgan fingerprint density at radius 1 is 1.33 bits per heavy atom. The predicted molar refractivity (Wildman–Crippen MR) is 77.4 cm³/mol. The van der Waals surface area contributed by atoms with Gasteiger partial charge in [0.1, 0.15) is 0 Å². The van der Waals surface area contributed by atoms with Gasteiger partial charge in [-0.3, -0.25) is 4.79 Å². The molecule has 1 heterocycles. The smallest absolute Gasteiger partial charge is 0.251 e. The van der Waals surface area contributed by atoms with Gasteiger partial charge in [0.2, 0.25) is 10.0 Å². The molecule has 1 aliphatic heterocycles. The van der Waals surface area contributed by atoms with Crippen LogP contribution >= 0.6 is 0 Å². The van der Waals surface area contributed by atoms with E-state index in [-0.39, 0.29) is 16.7 Å². The molecule has 1 aromatic carbocycles. The minimum Gasteiger partial charge on any atom is -0.391 e. The SMILES string of the molecule is CNS(=O)(=O)c1ccc(C(=O)NCC2CNCC2O)cc1. The van der Waals surface area contributed by atoms with E-state index in [1.54, 1.807) is 0 Å². The van der Waals surface area contributed by atoms with E-state index < -0.39 is 16.1 Å². The standard InChI is InChI=1S/C13H19N3O4S/c1-14-21(19,20)11-4-2-9(3-5-11)13(18)16-7-10-6-15-8-12(10)17/h2-5,10,12,14-15,17H,6-8H2,1H3,(H,16,18).